The van der Waals surface area contributed by atoms with Crippen LogP contribution in [0.4, 0.5) is 5.69 Å². The molecule has 1 unspecified atom stereocenters. The Morgan fingerprint density at radius 1 is 0.938 bits per heavy atom. The summed E-state index contributed by atoms with van der Waals surface area (Å²) in [6.07, 6.45) is 8.98. The van der Waals surface area contributed by atoms with Crippen LogP contribution in [0, 0.1) is 5.92 Å². The van der Waals surface area contributed by atoms with Crippen molar-refractivity contribution in [3.05, 3.63) is 88.5 Å². The van der Waals surface area contributed by atoms with Crippen LogP contribution in [0.1, 0.15) is 96.7 Å². The van der Waals surface area contributed by atoms with E-state index >= 15 is 0 Å². The van der Waals surface area contributed by atoms with E-state index in [4.69, 9.17) is 0 Å². The topological polar surface area (TPSA) is 119 Å². The number of fused-ring (bicyclic) bond motifs is 1. The first-order chi connectivity index (χ1) is 23.1. The van der Waals surface area contributed by atoms with Crippen molar-refractivity contribution in [1.82, 2.24) is 25.1 Å². The Morgan fingerprint density at radius 3 is 2.31 bits per heavy atom. The summed E-state index contributed by atoms with van der Waals surface area (Å²) in [7, 11) is 0. The first-order valence-electron chi connectivity index (χ1n) is 17.5. The van der Waals surface area contributed by atoms with Crippen molar-refractivity contribution in [2.75, 3.05) is 31.1 Å². The summed E-state index contributed by atoms with van der Waals surface area (Å²) in [4.78, 5) is 52.8. The summed E-state index contributed by atoms with van der Waals surface area (Å²) >= 11 is 0. The van der Waals surface area contributed by atoms with Crippen LogP contribution in [-0.4, -0.2) is 74.8 Å². The monoisotopic (exact) mass is 650 g/mol. The molecular formula is C38H46N6O4. The van der Waals surface area contributed by atoms with Crippen molar-refractivity contribution in [2.24, 2.45) is 5.92 Å². The van der Waals surface area contributed by atoms with E-state index in [0.717, 1.165) is 68.9 Å². The number of likely N-dealkylation sites (tertiary alicyclic amines) is 1. The highest BCUT2D eigenvalue weighted by Crippen LogP contribution is 2.37. The van der Waals surface area contributed by atoms with E-state index < -0.39 is 17.6 Å². The predicted octanol–water partition coefficient (Wildman–Crippen LogP) is 4.30. The Kier molecular flexibility index (Phi) is 9.04. The molecule has 252 valence electrons. The number of rotatable bonds is 8. The Labute approximate surface area is 282 Å². The van der Waals surface area contributed by atoms with Gasteiger partial charge in [-0.25, -0.2) is 9.97 Å². The number of nitrogens with zero attached hydrogens (tertiary/aromatic N) is 5. The number of piperidine rings is 3. The number of imide groups is 1. The minimum Gasteiger partial charge on any atom is -0.385 e. The molecule has 0 bridgehead atoms. The van der Waals surface area contributed by atoms with Crippen LogP contribution in [0.2, 0.25) is 0 Å². The van der Waals surface area contributed by atoms with Gasteiger partial charge in [0.15, 0.2) is 0 Å². The van der Waals surface area contributed by atoms with Gasteiger partial charge in [-0.1, -0.05) is 38.1 Å². The number of benzene rings is 2. The largest absolute Gasteiger partial charge is 0.385 e. The van der Waals surface area contributed by atoms with Crippen LogP contribution < -0.4 is 10.2 Å². The highest BCUT2D eigenvalue weighted by molar-refractivity contribution is 6.05. The van der Waals surface area contributed by atoms with Crippen LogP contribution in [0.15, 0.2) is 54.9 Å². The number of anilines is 1. The van der Waals surface area contributed by atoms with Gasteiger partial charge in [0.1, 0.15) is 11.9 Å². The molecule has 1 atom stereocenters. The molecule has 10 heteroatoms. The van der Waals surface area contributed by atoms with Gasteiger partial charge in [0.25, 0.3) is 5.91 Å². The standard InChI is InChI=1S/C38H46N6O4/c1-25(2)29-21-39-34(40-22-29)19-26-11-15-43(16-12-26)31-6-3-27(4-7-31)23-42-17-13-38(48,14-18-42)30-5-8-32-28(20-30)24-44(37(32)47)33-9-10-35(45)41-36(33)46/h3-8,20-22,25-26,33,48H,9-19,23-24H2,1-2H3,(H,41,45,46). The number of carbonyl (C=O) groups is 3. The maximum absolute atomic E-state index is 13.1. The lowest BCUT2D eigenvalue weighted by Gasteiger charge is -2.39. The molecule has 1 aromatic heterocycles. The molecule has 0 aliphatic carbocycles. The third-order valence-electron chi connectivity index (χ3n) is 10.9. The lowest BCUT2D eigenvalue weighted by molar-refractivity contribution is -0.136. The lowest BCUT2D eigenvalue weighted by atomic mass is 9.83. The maximum atomic E-state index is 13.1. The van der Waals surface area contributed by atoms with Gasteiger partial charge in [-0.2, -0.15) is 0 Å². The fourth-order valence-electron chi connectivity index (χ4n) is 7.73. The van der Waals surface area contributed by atoms with Crippen LogP contribution in [0.5, 0.6) is 0 Å². The zero-order valence-electron chi connectivity index (χ0n) is 28.0. The van der Waals surface area contributed by atoms with E-state index in [1.54, 1.807) is 11.0 Å². The zero-order chi connectivity index (χ0) is 33.4. The molecule has 0 saturated carbocycles. The van der Waals surface area contributed by atoms with Crippen LogP contribution in [0.25, 0.3) is 0 Å². The third-order valence-corrected chi connectivity index (χ3v) is 10.9. The lowest BCUT2D eigenvalue weighted by Crippen LogP contribution is -2.52. The molecule has 0 spiro atoms. The summed E-state index contributed by atoms with van der Waals surface area (Å²) in [6.45, 7) is 9.12. The van der Waals surface area contributed by atoms with Crippen LogP contribution in [0.3, 0.4) is 0 Å². The van der Waals surface area contributed by atoms with Gasteiger partial charge >= 0.3 is 0 Å². The predicted molar refractivity (Wildman–Crippen MR) is 182 cm³/mol. The molecule has 0 radical (unpaired) electrons. The van der Waals surface area contributed by atoms with Gasteiger partial charge in [-0.05, 0) is 84.4 Å². The first-order valence-corrected chi connectivity index (χ1v) is 17.5. The molecule has 4 aliphatic rings. The minimum absolute atomic E-state index is 0.193. The number of aliphatic hydroxyl groups is 1. The van der Waals surface area contributed by atoms with Crippen LogP contribution in [-0.2, 0) is 34.7 Å². The summed E-state index contributed by atoms with van der Waals surface area (Å²) < 4.78 is 0. The molecular weight excluding hydrogens is 604 g/mol. The zero-order valence-corrected chi connectivity index (χ0v) is 28.0. The van der Waals surface area contributed by atoms with Crippen LogP contribution >= 0.6 is 0 Å². The quantitative estimate of drug-likeness (QED) is 0.347. The fraction of sp³-hybridized carbons (Fsp3) is 0.500. The van der Waals surface area contributed by atoms with Crippen molar-refractivity contribution >= 4 is 23.4 Å². The number of aromatic nitrogens is 2. The highest BCUT2D eigenvalue weighted by atomic mass is 16.3. The van der Waals surface area contributed by atoms with Gasteiger partial charge < -0.3 is 14.9 Å². The van der Waals surface area contributed by atoms with E-state index in [-0.39, 0.29) is 18.2 Å². The first kappa shape index (κ1) is 32.4. The summed E-state index contributed by atoms with van der Waals surface area (Å²) in [5, 5.41) is 14.0. The number of hydrogen-bond donors (Lipinski definition) is 2. The van der Waals surface area contributed by atoms with E-state index in [2.05, 4.69) is 63.2 Å². The maximum Gasteiger partial charge on any atom is 0.255 e. The Morgan fingerprint density at radius 2 is 1.65 bits per heavy atom. The van der Waals surface area contributed by atoms with Crippen molar-refractivity contribution < 1.29 is 19.5 Å². The second-order valence-corrected chi connectivity index (χ2v) is 14.5. The molecule has 2 N–H and O–H groups in total. The second kappa shape index (κ2) is 13.4. The summed E-state index contributed by atoms with van der Waals surface area (Å²) in [5.41, 5.74) is 4.99. The van der Waals surface area contributed by atoms with Gasteiger partial charge in [0, 0.05) is 75.8 Å². The normalized spacial score (nSPS) is 21.9. The van der Waals surface area contributed by atoms with E-state index in [9.17, 15) is 19.5 Å². The molecule has 3 aromatic rings. The fourth-order valence-corrected chi connectivity index (χ4v) is 7.73. The van der Waals surface area contributed by atoms with Gasteiger partial charge in [-0.15, -0.1) is 0 Å². The SMILES string of the molecule is CC(C)c1cnc(CC2CCN(c3ccc(CN4CCC(O)(c5ccc6c(c5)CN(C5CCC(=O)NC5=O)C6=O)CC4)cc3)CC2)nc1. The van der Waals surface area contributed by atoms with Gasteiger partial charge in [-0.3, -0.25) is 24.6 Å². The van der Waals surface area contributed by atoms with Gasteiger partial charge in [0.2, 0.25) is 11.8 Å². The average molecular weight is 651 g/mol. The Bertz CT molecular complexity index is 1660. The van der Waals surface area contributed by atoms with Gasteiger partial charge in [0.05, 0.1) is 5.60 Å². The van der Waals surface area contributed by atoms with E-state index in [1.807, 2.05) is 24.5 Å². The molecule has 3 amide bonds. The smallest absolute Gasteiger partial charge is 0.255 e. The van der Waals surface area contributed by atoms with Crippen molar-refractivity contribution in [1.29, 1.82) is 0 Å². The Balaban J connectivity index is 0.890. The number of amides is 3. The summed E-state index contributed by atoms with van der Waals surface area (Å²) in [6, 6.07) is 13.9. The molecule has 5 heterocycles. The van der Waals surface area contributed by atoms with Crippen molar-refractivity contribution in [2.45, 2.75) is 89.4 Å². The highest BCUT2D eigenvalue weighted by Gasteiger charge is 2.41. The number of carbonyl (C=O) groups excluding carboxylic acids is 3. The van der Waals surface area contributed by atoms with Crippen molar-refractivity contribution in [3.8, 4) is 0 Å². The van der Waals surface area contributed by atoms with Crippen molar-refractivity contribution in [3.63, 3.8) is 0 Å². The molecule has 3 saturated heterocycles. The second-order valence-electron chi connectivity index (χ2n) is 14.5. The average Bonchev–Trinajstić information content (AvgIpc) is 3.42. The Hall–Kier alpha value is -4.15. The number of nitrogens with one attached hydrogen (secondary N) is 1. The molecule has 3 fully saturated rings. The summed E-state index contributed by atoms with van der Waals surface area (Å²) in [5.74, 6) is 1.13. The molecule has 48 heavy (non-hydrogen) atoms. The molecule has 2 aromatic carbocycles. The molecule has 4 aliphatic heterocycles. The van der Waals surface area contributed by atoms with E-state index in [0.29, 0.717) is 43.2 Å². The number of hydrogen-bond acceptors (Lipinski definition) is 8. The molecule has 10 nitrogen and oxygen atoms in total. The molecule has 7 rings (SSSR count). The minimum atomic E-state index is -0.962. The van der Waals surface area contributed by atoms with E-state index in [1.165, 1.54) is 16.8 Å². The third kappa shape index (κ3) is 6.73.